The fourth-order valence-corrected chi connectivity index (χ4v) is 6.04. The number of likely N-dealkylation sites (tertiary alicyclic amines) is 1. The quantitative estimate of drug-likeness (QED) is 0.186. The van der Waals surface area contributed by atoms with Gasteiger partial charge in [-0.3, -0.25) is 14.0 Å². The lowest BCUT2D eigenvalue weighted by atomic mass is 10.1. The van der Waals surface area contributed by atoms with Crippen LogP contribution in [0.2, 0.25) is 0 Å². The van der Waals surface area contributed by atoms with E-state index >= 15 is 0 Å². The summed E-state index contributed by atoms with van der Waals surface area (Å²) >= 11 is 1.62. The molecule has 1 fully saturated rings. The molecule has 0 unspecified atom stereocenters. The first kappa shape index (κ1) is 24.7. The van der Waals surface area contributed by atoms with Crippen molar-refractivity contribution in [3.8, 4) is 11.3 Å². The Morgan fingerprint density at radius 2 is 1.89 bits per heavy atom. The summed E-state index contributed by atoms with van der Waals surface area (Å²) in [6, 6.07) is 14.4. The number of amides is 1. The van der Waals surface area contributed by atoms with Gasteiger partial charge < -0.3 is 9.80 Å². The second-order valence-corrected chi connectivity index (χ2v) is 10.6. The number of nitrogens with zero attached hydrogens (tertiary/aromatic N) is 4. The van der Waals surface area contributed by atoms with Gasteiger partial charge in [-0.25, -0.2) is 4.98 Å². The summed E-state index contributed by atoms with van der Waals surface area (Å²) in [6.07, 6.45) is 6.29. The van der Waals surface area contributed by atoms with Crippen molar-refractivity contribution in [2.45, 2.75) is 52.5 Å². The van der Waals surface area contributed by atoms with Crippen LogP contribution in [0.3, 0.4) is 0 Å². The van der Waals surface area contributed by atoms with Gasteiger partial charge in [0.25, 0.3) is 0 Å². The van der Waals surface area contributed by atoms with Gasteiger partial charge in [-0.05, 0) is 62.7 Å². The highest BCUT2D eigenvalue weighted by Crippen LogP contribution is 2.31. The minimum atomic E-state index is 0.221. The van der Waals surface area contributed by atoms with Gasteiger partial charge in [0.1, 0.15) is 0 Å². The maximum atomic E-state index is 12.8. The Morgan fingerprint density at radius 1 is 1.08 bits per heavy atom. The van der Waals surface area contributed by atoms with Crippen LogP contribution in [0.4, 0.5) is 0 Å². The lowest BCUT2D eigenvalue weighted by Gasteiger charge is -2.17. The summed E-state index contributed by atoms with van der Waals surface area (Å²) < 4.78 is 3.20. The topological polar surface area (TPSA) is 57.9 Å². The second-order valence-electron chi connectivity index (χ2n) is 9.59. The fourth-order valence-electron chi connectivity index (χ4n) is 4.99. The Balaban J connectivity index is 1.25. The highest BCUT2D eigenvalue weighted by Gasteiger charge is 2.20. The first-order valence-corrected chi connectivity index (χ1v) is 13.9. The summed E-state index contributed by atoms with van der Waals surface area (Å²) in [6.45, 7) is 9.09. The molecule has 0 saturated carbocycles. The Labute approximate surface area is 216 Å². The second kappa shape index (κ2) is 10.9. The van der Waals surface area contributed by atoms with Crippen molar-refractivity contribution < 1.29 is 9.59 Å². The molecule has 0 radical (unpaired) electrons. The van der Waals surface area contributed by atoms with E-state index in [1.54, 1.807) is 11.3 Å². The highest BCUT2D eigenvalue weighted by molar-refractivity contribution is 7.23. The zero-order valence-electron chi connectivity index (χ0n) is 21.2. The number of unbranched alkanes of at least 4 members (excludes halogenated alkanes) is 1. The molecule has 1 amide bonds. The minimum absolute atomic E-state index is 0.221. The zero-order valence-corrected chi connectivity index (χ0v) is 22.0. The van der Waals surface area contributed by atoms with Crippen molar-refractivity contribution in [2.24, 2.45) is 0 Å². The Bertz CT molecular complexity index is 1370. The maximum absolute atomic E-state index is 12.8. The van der Waals surface area contributed by atoms with Crippen LogP contribution in [-0.2, 0) is 11.3 Å². The van der Waals surface area contributed by atoms with E-state index in [-0.39, 0.29) is 11.7 Å². The molecule has 6 nitrogen and oxygen atoms in total. The third-order valence-corrected chi connectivity index (χ3v) is 8.25. The Hall–Kier alpha value is -3.03. The van der Waals surface area contributed by atoms with Crippen LogP contribution in [0.1, 0.15) is 61.9 Å². The predicted octanol–water partition coefficient (Wildman–Crippen LogP) is 6.03. The molecule has 0 N–H and O–H groups in total. The summed E-state index contributed by atoms with van der Waals surface area (Å²) in [7, 11) is 0. The molecule has 0 atom stereocenters. The van der Waals surface area contributed by atoms with Crippen molar-refractivity contribution in [1.82, 2.24) is 19.2 Å². The van der Waals surface area contributed by atoms with Crippen LogP contribution >= 0.6 is 11.3 Å². The number of thiazole rings is 1. The fraction of sp³-hybridized carbons (Fsp3) is 0.414. The highest BCUT2D eigenvalue weighted by atomic mass is 32.1. The first-order chi connectivity index (χ1) is 17.6. The van der Waals surface area contributed by atoms with Crippen LogP contribution in [-0.4, -0.2) is 57.1 Å². The predicted molar refractivity (Wildman–Crippen MR) is 147 cm³/mol. The van der Waals surface area contributed by atoms with E-state index in [4.69, 9.17) is 4.98 Å². The van der Waals surface area contributed by atoms with Crippen molar-refractivity contribution in [3.63, 3.8) is 0 Å². The number of carbonyl (C=O) groups excluding carboxylic acids is 2. The summed E-state index contributed by atoms with van der Waals surface area (Å²) in [5.41, 5.74) is 5.01. The van der Waals surface area contributed by atoms with Crippen molar-refractivity contribution in [3.05, 3.63) is 59.8 Å². The van der Waals surface area contributed by atoms with Crippen LogP contribution in [0.25, 0.3) is 26.4 Å². The van der Waals surface area contributed by atoms with Crippen molar-refractivity contribution >= 4 is 38.2 Å². The number of hydrogen-bond donors (Lipinski definition) is 0. The molecule has 3 heterocycles. The van der Waals surface area contributed by atoms with Gasteiger partial charge in [0.2, 0.25) is 5.91 Å². The van der Waals surface area contributed by atoms with Crippen molar-refractivity contribution in [1.29, 1.82) is 0 Å². The van der Waals surface area contributed by atoms with Crippen LogP contribution in [0.5, 0.6) is 0 Å². The number of imidazole rings is 1. The average molecular weight is 503 g/mol. The molecule has 7 heteroatoms. The summed E-state index contributed by atoms with van der Waals surface area (Å²) in [5, 5.41) is 0. The number of Topliss-reactive ketones (excluding diaryl/α,β-unsaturated/α-hetero) is 1. The SMILES string of the molecule is CCN(CC)CCCCC(=O)c1ccc2c(c1)sc1nc(-c3ccc(CN4CCCC4=O)cc3)cn12. The van der Waals surface area contributed by atoms with Gasteiger partial charge >= 0.3 is 0 Å². The number of benzene rings is 2. The molecule has 2 aromatic carbocycles. The van der Waals surface area contributed by atoms with Gasteiger partial charge in [-0.1, -0.05) is 49.4 Å². The molecule has 188 valence electrons. The molecule has 2 aromatic heterocycles. The Morgan fingerprint density at radius 3 is 2.61 bits per heavy atom. The van der Waals surface area contributed by atoms with E-state index in [0.29, 0.717) is 19.4 Å². The van der Waals surface area contributed by atoms with Gasteiger partial charge in [-0.2, -0.15) is 0 Å². The molecular weight excluding hydrogens is 468 g/mol. The standard InChI is InChI=1S/C29H34N4O2S/c1-3-31(4-2)16-6-5-8-26(34)23-14-15-25-27(18-23)36-29-30-24(20-33(25)29)22-12-10-21(11-13-22)19-32-17-7-9-28(32)35/h10-15,18,20H,3-9,16-17,19H2,1-2H3. The largest absolute Gasteiger partial charge is 0.338 e. The van der Waals surface area contributed by atoms with E-state index < -0.39 is 0 Å². The molecular formula is C29H34N4O2S. The number of hydrogen-bond acceptors (Lipinski definition) is 5. The van der Waals surface area contributed by atoms with Gasteiger partial charge in [0, 0.05) is 43.3 Å². The molecule has 0 bridgehead atoms. The lowest BCUT2D eigenvalue weighted by molar-refractivity contribution is -0.128. The van der Waals surface area contributed by atoms with Gasteiger partial charge in [0.15, 0.2) is 10.7 Å². The smallest absolute Gasteiger partial charge is 0.222 e. The molecule has 1 saturated heterocycles. The number of aromatic nitrogens is 2. The molecule has 36 heavy (non-hydrogen) atoms. The normalized spacial score (nSPS) is 14.1. The molecule has 4 aromatic rings. The number of rotatable bonds is 11. The van der Waals surface area contributed by atoms with Crippen LogP contribution < -0.4 is 0 Å². The monoisotopic (exact) mass is 502 g/mol. The third kappa shape index (κ3) is 5.22. The Kier molecular flexibility index (Phi) is 7.48. The first-order valence-electron chi connectivity index (χ1n) is 13.1. The van der Waals surface area contributed by atoms with Gasteiger partial charge in [-0.15, -0.1) is 0 Å². The van der Waals surface area contributed by atoms with E-state index in [1.165, 1.54) is 0 Å². The zero-order chi connectivity index (χ0) is 25.1. The van der Waals surface area contributed by atoms with E-state index in [2.05, 4.69) is 53.6 Å². The lowest BCUT2D eigenvalue weighted by Crippen LogP contribution is -2.24. The number of carbonyl (C=O) groups is 2. The molecule has 5 rings (SSSR count). The average Bonchev–Trinajstić information content (AvgIpc) is 3.58. The van der Waals surface area contributed by atoms with Crippen molar-refractivity contribution in [2.75, 3.05) is 26.2 Å². The number of ketones is 1. The van der Waals surface area contributed by atoms with E-state index in [0.717, 1.165) is 83.0 Å². The van der Waals surface area contributed by atoms with E-state index in [1.807, 2.05) is 23.1 Å². The summed E-state index contributed by atoms with van der Waals surface area (Å²) in [4.78, 5) is 34.8. The molecule has 1 aliphatic rings. The van der Waals surface area contributed by atoms with Crippen LogP contribution in [0.15, 0.2) is 48.7 Å². The van der Waals surface area contributed by atoms with Gasteiger partial charge in [0.05, 0.1) is 15.9 Å². The van der Waals surface area contributed by atoms with Crippen LogP contribution in [0, 0.1) is 0 Å². The van der Waals surface area contributed by atoms with E-state index in [9.17, 15) is 9.59 Å². The molecule has 0 spiro atoms. The molecule has 1 aliphatic heterocycles. The maximum Gasteiger partial charge on any atom is 0.222 e. The third-order valence-electron chi connectivity index (χ3n) is 7.23. The molecule has 0 aliphatic carbocycles. The number of fused-ring (bicyclic) bond motifs is 3. The summed E-state index contributed by atoms with van der Waals surface area (Å²) in [5.74, 6) is 0.472. The minimum Gasteiger partial charge on any atom is -0.338 e.